The number of hydrogen-bond acceptors (Lipinski definition) is 4. The van der Waals surface area contributed by atoms with E-state index in [0.29, 0.717) is 12.6 Å². The molecular formula is C13H23N5O. The third-order valence-electron chi connectivity index (χ3n) is 3.17. The molecule has 1 amide bonds. The van der Waals surface area contributed by atoms with Gasteiger partial charge in [-0.3, -0.25) is 4.79 Å². The van der Waals surface area contributed by atoms with Crippen LogP contribution in [0, 0.1) is 0 Å². The minimum Gasteiger partial charge on any atom is -0.341 e. The number of nitrogens with one attached hydrogen (secondary N) is 1. The molecule has 0 aliphatic heterocycles. The van der Waals surface area contributed by atoms with Gasteiger partial charge in [-0.2, -0.15) is 0 Å². The monoisotopic (exact) mass is 265 g/mol. The Bertz CT molecular complexity index is 444. The van der Waals surface area contributed by atoms with E-state index in [1.165, 1.54) is 0 Å². The highest BCUT2D eigenvalue weighted by Crippen LogP contribution is 2.25. The molecule has 0 unspecified atom stereocenters. The molecule has 1 fully saturated rings. The summed E-state index contributed by atoms with van der Waals surface area (Å²) >= 11 is 0. The van der Waals surface area contributed by atoms with E-state index in [9.17, 15) is 4.79 Å². The van der Waals surface area contributed by atoms with Crippen molar-refractivity contribution < 1.29 is 4.79 Å². The smallest absolute Gasteiger partial charge is 0.244 e. The summed E-state index contributed by atoms with van der Waals surface area (Å²) in [6.07, 6.45) is 4.08. The number of rotatable bonds is 5. The van der Waals surface area contributed by atoms with E-state index in [0.717, 1.165) is 18.5 Å². The highest BCUT2D eigenvalue weighted by molar-refractivity contribution is 5.76. The van der Waals surface area contributed by atoms with Gasteiger partial charge in [-0.05, 0) is 33.6 Å². The van der Waals surface area contributed by atoms with Gasteiger partial charge in [-0.25, -0.2) is 4.68 Å². The Kier molecular flexibility index (Phi) is 3.89. The molecule has 1 heterocycles. The molecule has 2 rings (SSSR count). The molecule has 1 aliphatic carbocycles. The standard InChI is InChI=1S/C13H23N5O/c1-13(2,3)14-7-10-8-18(16-15-10)9-12(19)17(4)11-5-6-11/h8,11,14H,5-7,9H2,1-4H3. The van der Waals surface area contributed by atoms with Crippen LogP contribution in [0.15, 0.2) is 6.20 Å². The maximum absolute atomic E-state index is 11.9. The lowest BCUT2D eigenvalue weighted by Gasteiger charge is -2.19. The van der Waals surface area contributed by atoms with Crippen molar-refractivity contribution in [2.45, 2.75) is 58.3 Å². The van der Waals surface area contributed by atoms with Gasteiger partial charge < -0.3 is 10.2 Å². The first-order valence-electron chi connectivity index (χ1n) is 6.75. The second-order valence-corrected chi connectivity index (χ2v) is 6.25. The van der Waals surface area contributed by atoms with Crippen molar-refractivity contribution in [1.82, 2.24) is 25.2 Å². The molecule has 0 aromatic carbocycles. The van der Waals surface area contributed by atoms with Crippen molar-refractivity contribution in [2.75, 3.05) is 7.05 Å². The quantitative estimate of drug-likeness (QED) is 0.855. The molecule has 0 radical (unpaired) electrons. The number of amides is 1. The van der Waals surface area contributed by atoms with Gasteiger partial charge in [-0.1, -0.05) is 5.21 Å². The molecule has 1 N–H and O–H groups in total. The largest absolute Gasteiger partial charge is 0.341 e. The molecule has 6 nitrogen and oxygen atoms in total. The Morgan fingerprint density at radius 2 is 2.21 bits per heavy atom. The molecule has 6 heteroatoms. The van der Waals surface area contributed by atoms with Gasteiger partial charge in [0, 0.05) is 25.2 Å². The molecule has 106 valence electrons. The second-order valence-electron chi connectivity index (χ2n) is 6.25. The van der Waals surface area contributed by atoms with Crippen LogP contribution in [0.25, 0.3) is 0 Å². The predicted octanol–water partition coefficient (Wildman–Crippen LogP) is 0.787. The summed E-state index contributed by atoms with van der Waals surface area (Å²) in [5, 5.41) is 11.4. The molecule has 0 bridgehead atoms. The normalized spacial score (nSPS) is 15.6. The minimum absolute atomic E-state index is 0.0474. The van der Waals surface area contributed by atoms with E-state index in [1.807, 2.05) is 18.1 Å². The summed E-state index contributed by atoms with van der Waals surface area (Å²) < 4.78 is 1.61. The Morgan fingerprint density at radius 1 is 1.53 bits per heavy atom. The van der Waals surface area contributed by atoms with Crippen LogP contribution in [-0.2, 0) is 17.9 Å². The Morgan fingerprint density at radius 3 is 2.79 bits per heavy atom. The zero-order valence-electron chi connectivity index (χ0n) is 12.2. The van der Waals surface area contributed by atoms with E-state index >= 15 is 0 Å². The van der Waals surface area contributed by atoms with Gasteiger partial charge in [0.1, 0.15) is 6.54 Å². The summed E-state index contributed by atoms with van der Waals surface area (Å²) in [5.74, 6) is 0.0998. The molecule has 0 atom stereocenters. The first-order chi connectivity index (χ1) is 8.85. The third-order valence-corrected chi connectivity index (χ3v) is 3.17. The molecular weight excluding hydrogens is 242 g/mol. The topological polar surface area (TPSA) is 63.1 Å². The highest BCUT2D eigenvalue weighted by Gasteiger charge is 2.29. The van der Waals surface area contributed by atoms with Crippen LogP contribution < -0.4 is 5.32 Å². The number of carbonyl (C=O) groups is 1. The van der Waals surface area contributed by atoms with E-state index in [2.05, 4.69) is 36.4 Å². The number of hydrogen-bond donors (Lipinski definition) is 1. The van der Waals surface area contributed by atoms with Crippen LogP contribution >= 0.6 is 0 Å². The van der Waals surface area contributed by atoms with Crippen LogP contribution in [0.5, 0.6) is 0 Å². The molecule has 1 saturated carbocycles. The van der Waals surface area contributed by atoms with Gasteiger partial charge in [-0.15, -0.1) is 5.10 Å². The van der Waals surface area contributed by atoms with E-state index in [-0.39, 0.29) is 18.0 Å². The van der Waals surface area contributed by atoms with Gasteiger partial charge in [0.25, 0.3) is 0 Å². The van der Waals surface area contributed by atoms with Crippen molar-refractivity contribution in [3.8, 4) is 0 Å². The van der Waals surface area contributed by atoms with Crippen LogP contribution in [0.1, 0.15) is 39.3 Å². The number of carbonyl (C=O) groups excluding carboxylic acids is 1. The summed E-state index contributed by atoms with van der Waals surface area (Å²) in [4.78, 5) is 13.8. The Balaban J connectivity index is 1.84. The first kappa shape index (κ1) is 14.0. The van der Waals surface area contributed by atoms with Gasteiger partial charge in [0.15, 0.2) is 0 Å². The van der Waals surface area contributed by atoms with E-state index in [1.54, 1.807) is 4.68 Å². The lowest BCUT2D eigenvalue weighted by molar-refractivity contribution is -0.131. The van der Waals surface area contributed by atoms with Crippen LogP contribution in [0.2, 0.25) is 0 Å². The lowest BCUT2D eigenvalue weighted by atomic mass is 10.1. The Hall–Kier alpha value is -1.43. The summed E-state index contributed by atoms with van der Waals surface area (Å²) in [7, 11) is 1.86. The van der Waals surface area contributed by atoms with Crippen LogP contribution in [0.3, 0.4) is 0 Å². The average molecular weight is 265 g/mol. The number of aromatic nitrogens is 3. The first-order valence-corrected chi connectivity index (χ1v) is 6.75. The fourth-order valence-electron chi connectivity index (χ4n) is 1.77. The van der Waals surface area contributed by atoms with E-state index < -0.39 is 0 Å². The van der Waals surface area contributed by atoms with Gasteiger partial charge in [0.2, 0.25) is 5.91 Å². The fourth-order valence-corrected chi connectivity index (χ4v) is 1.77. The van der Waals surface area contributed by atoms with Crippen molar-refractivity contribution in [3.63, 3.8) is 0 Å². The molecule has 0 saturated heterocycles. The molecule has 0 spiro atoms. The Labute approximate surface area is 114 Å². The maximum atomic E-state index is 11.9. The third kappa shape index (κ3) is 4.31. The maximum Gasteiger partial charge on any atom is 0.244 e. The van der Waals surface area contributed by atoms with E-state index in [4.69, 9.17) is 0 Å². The number of likely N-dealkylation sites (N-methyl/N-ethyl adjacent to an activating group) is 1. The molecule has 19 heavy (non-hydrogen) atoms. The second kappa shape index (κ2) is 5.28. The zero-order valence-corrected chi connectivity index (χ0v) is 12.2. The average Bonchev–Trinajstić information content (AvgIpc) is 3.06. The van der Waals surface area contributed by atoms with Crippen molar-refractivity contribution >= 4 is 5.91 Å². The van der Waals surface area contributed by atoms with Gasteiger partial charge >= 0.3 is 0 Å². The highest BCUT2D eigenvalue weighted by atomic mass is 16.2. The zero-order chi connectivity index (χ0) is 14.0. The van der Waals surface area contributed by atoms with Gasteiger partial charge in [0.05, 0.1) is 11.9 Å². The molecule has 1 aromatic rings. The summed E-state index contributed by atoms with van der Waals surface area (Å²) in [5.41, 5.74) is 0.906. The lowest BCUT2D eigenvalue weighted by Crippen LogP contribution is -2.35. The van der Waals surface area contributed by atoms with Crippen molar-refractivity contribution in [2.24, 2.45) is 0 Å². The van der Waals surface area contributed by atoms with Crippen LogP contribution in [0.4, 0.5) is 0 Å². The summed E-state index contributed by atoms with van der Waals surface area (Å²) in [6, 6.07) is 0.443. The molecule has 1 aliphatic rings. The SMILES string of the molecule is CN(C(=O)Cn1cc(CNC(C)(C)C)nn1)C1CC1. The predicted molar refractivity (Wildman–Crippen MR) is 72.4 cm³/mol. The number of nitrogens with zero attached hydrogens (tertiary/aromatic N) is 4. The van der Waals surface area contributed by atoms with Crippen molar-refractivity contribution in [1.29, 1.82) is 0 Å². The fraction of sp³-hybridized carbons (Fsp3) is 0.769. The van der Waals surface area contributed by atoms with Crippen molar-refractivity contribution in [3.05, 3.63) is 11.9 Å². The van der Waals surface area contributed by atoms with Crippen LogP contribution in [-0.4, -0.2) is 44.4 Å². The summed E-state index contributed by atoms with van der Waals surface area (Å²) in [6.45, 7) is 7.24. The minimum atomic E-state index is 0.0474. The molecule has 1 aromatic heterocycles.